The first-order valence-electron chi connectivity index (χ1n) is 8.32. The molecule has 10 nitrogen and oxygen atoms in total. The second-order valence-corrected chi connectivity index (χ2v) is 6.93. The number of aliphatic carboxylic acids is 1. The van der Waals surface area contributed by atoms with Crippen LogP contribution in [0, 0.1) is 5.92 Å². The first kappa shape index (κ1) is 16.7. The van der Waals surface area contributed by atoms with E-state index in [2.05, 4.69) is 9.78 Å². The number of carboxylic acid groups (broad SMARTS) is 1. The lowest BCUT2D eigenvalue weighted by molar-refractivity contribution is -0.545. The van der Waals surface area contributed by atoms with Crippen LogP contribution in [0.25, 0.3) is 0 Å². The summed E-state index contributed by atoms with van der Waals surface area (Å²) in [6.07, 6.45) is 1.61. The lowest BCUT2D eigenvalue weighted by Crippen LogP contribution is -2.77. The maximum Gasteiger partial charge on any atom is 0.394 e. The minimum absolute atomic E-state index is 0.0300. The highest BCUT2D eigenvalue weighted by Gasteiger charge is 2.77. The normalized spacial score (nSPS) is 44.1. The van der Waals surface area contributed by atoms with Gasteiger partial charge in [0, 0.05) is 6.42 Å². The summed E-state index contributed by atoms with van der Waals surface area (Å²) < 4.78 is 0. The van der Waals surface area contributed by atoms with Crippen molar-refractivity contribution in [2.75, 3.05) is 0 Å². The summed E-state index contributed by atoms with van der Waals surface area (Å²) in [4.78, 5) is 66.2. The second kappa shape index (κ2) is 5.90. The van der Waals surface area contributed by atoms with Crippen LogP contribution in [-0.4, -0.2) is 46.4 Å². The fourth-order valence-electron chi connectivity index (χ4n) is 3.92. The van der Waals surface area contributed by atoms with E-state index in [0.717, 1.165) is 0 Å². The molecule has 2 aliphatic carbocycles. The maximum absolute atomic E-state index is 12.4. The van der Waals surface area contributed by atoms with Gasteiger partial charge >= 0.3 is 17.9 Å². The highest BCUT2D eigenvalue weighted by Crippen LogP contribution is 2.52. The summed E-state index contributed by atoms with van der Waals surface area (Å²) in [6.45, 7) is 0. The Morgan fingerprint density at radius 3 is 2.32 bits per heavy atom. The minimum Gasteiger partial charge on any atom is -0.479 e. The fourth-order valence-corrected chi connectivity index (χ4v) is 3.92. The number of hydrogen-bond donors (Lipinski definition) is 1. The van der Waals surface area contributed by atoms with Gasteiger partial charge in [-0.2, -0.15) is 0 Å². The average molecular weight is 358 g/mol. The molecular weight excluding hydrogens is 340 g/mol. The van der Waals surface area contributed by atoms with Gasteiger partial charge in [-0.15, -0.1) is 0 Å². The molecule has 5 saturated heterocycles. The van der Waals surface area contributed by atoms with Crippen LogP contribution in [0.3, 0.4) is 0 Å². The predicted molar refractivity (Wildman–Crippen MR) is 73.0 cm³/mol. The number of rotatable bonds is 1. The molecule has 7 rings (SSSR count). The van der Waals surface area contributed by atoms with E-state index in [0.29, 0.717) is 32.1 Å². The summed E-state index contributed by atoms with van der Waals surface area (Å²) in [5.74, 6) is -3.56. The number of carbonyl (C=O) groups excluding carboxylic acids is 2. The van der Waals surface area contributed by atoms with Crippen molar-refractivity contribution in [2.24, 2.45) is 5.92 Å². The van der Waals surface area contributed by atoms with Crippen molar-refractivity contribution in [1.29, 1.82) is 0 Å². The first-order valence-corrected chi connectivity index (χ1v) is 8.32. The van der Waals surface area contributed by atoms with Crippen LogP contribution < -0.4 is 0 Å². The molecule has 25 heavy (non-hydrogen) atoms. The summed E-state index contributed by atoms with van der Waals surface area (Å²) in [7, 11) is 0. The zero-order chi connectivity index (χ0) is 17.7. The highest BCUT2D eigenvalue weighted by molar-refractivity contribution is 5.93. The third-order valence-electron chi connectivity index (χ3n) is 5.52. The maximum atomic E-state index is 12.4. The Labute approximate surface area is 142 Å². The average Bonchev–Trinajstić information content (AvgIpc) is 2.59. The van der Waals surface area contributed by atoms with E-state index in [1.54, 1.807) is 0 Å². The molecule has 3 atom stereocenters. The van der Waals surface area contributed by atoms with Gasteiger partial charge in [-0.3, -0.25) is 0 Å². The number of carbonyl (C=O) groups is 3. The number of carboxylic acids is 1. The molecule has 2 saturated carbocycles. The van der Waals surface area contributed by atoms with Crippen molar-refractivity contribution >= 4 is 17.9 Å². The van der Waals surface area contributed by atoms with Crippen molar-refractivity contribution in [1.82, 2.24) is 0 Å². The molecule has 0 amide bonds. The molecule has 5 aliphatic heterocycles. The molecule has 0 aromatic heterocycles. The predicted octanol–water partition coefficient (Wildman–Crippen LogP) is 0.585. The largest absolute Gasteiger partial charge is 0.479 e. The number of hydrogen-bond acceptors (Lipinski definition) is 9. The Morgan fingerprint density at radius 2 is 1.68 bits per heavy atom. The van der Waals surface area contributed by atoms with Crippen molar-refractivity contribution in [3.8, 4) is 0 Å². The lowest BCUT2D eigenvalue weighted by atomic mass is 9.69. The highest BCUT2D eigenvalue weighted by atomic mass is 17.3. The van der Waals surface area contributed by atoms with Gasteiger partial charge in [-0.25, -0.2) is 43.7 Å². The molecule has 5 heterocycles. The molecule has 0 aromatic rings. The standard InChI is InChI=1S/C15H18O10/c16-11-8-1-3-9(4-2-8)20-21-10-5-6-14(13(19)23-22-11)15(7-10,12(17)18)25-24-14/h8-10H,1-7H2,(H,17,18). The Bertz CT molecular complexity index is 597. The topological polar surface area (TPSA) is 127 Å². The molecule has 3 unspecified atom stereocenters. The van der Waals surface area contributed by atoms with Crippen molar-refractivity contribution in [2.45, 2.75) is 68.4 Å². The molecule has 7 aliphatic rings. The van der Waals surface area contributed by atoms with Gasteiger partial charge in [0.15, 0.2) is 0 Å². The summed E-state index contributed by atoms with van der Waals surface area (Å²) in [5.41, 5.74) is -3.84. The van der Waals surface area contributed by atoms with E-state index >= 15 is 0 Å². The Kier molecular flexibility index (Phi) is 3.95. The quantitative estimate of drug-likeness (QED) is 0.665. The van der Waals surface area contributed by atoms with Crippen molar-refractivity contribution in [3.63, 3.8) is 0 Å². The van der Waals surface area contributed by atoms with Crippen LogP contribution in [0.1, 0.15) is 44.9 Å². The molecule has 0 aromatic carbocycles. The summed E-state index contributed by atoms with van der Waals surface area (Å²) in [5, 5.41) is 9.60. The van der Waals surface area contributed by atoms with Gasteiger partial charge in [0.25, 0.3) is 0 Å². The van der Waals surface area contributed by atoms with Gasteiger partial charge in [0.1, 0.15) is 0 Å². The Balaban J connectivity index is 1.62. The van der Waals surface area contributed by atoms with Gasteiger partial charge in [-0.05, 0) is 38.5 Å². The molecule has 138 valence electrons. The van der Waals surface area contributed by atoms with Crippen LogP contribution in [0.5, 0.6) is 0 Å². The monoisotopic (exact) mass is 358 g/mol. The van der Waals surface area contributed by atoms with Gasteiger partial charge in [-0.1, -0.05) is 0 Å². The smallest absolute Gasteiger partial charge is 0.394 e. The van der Waals surface area contributed by atoms with E-state index in [-0.39, 0.29) is 18.9 Å². The van der Waals surface area contributed by atoms with Gasteiger partial charge in [0.2, 0.25) is 11.2 Å². The van der Waals surface area contributed by atoms with E-state index in [4.69, 9.17) is 19.6 Å². The third-order valence-corrected chi connectivity index (χ3v) is 5.52. The zero-order valence-corrected chi connectivity index (χ0v) is 13.3. The summed E-state index contributed by atoms with van der Waals surface area (Å²) >= 11 is 0. The van der Waals surface area contributed by atoms with Crippen LogP contribution in [-0.2, 0) is 43.7 Å². The molecule has 1 N–H and O–H groups in total. The molecular formula is C15H18O10. The van der Waals surface area contributed by atoms with E-state index in [1.807, 2.05) is 0 Å². The molecule has 0 radical (unpaired) electrons. The summed E-state index contributed by atoms with van der Waals surface area (Å²) in [6, 6.07) is 0. The molecule has 4 bridgehead atoms. The second-order valence-electron chi connectivity index (χ2n) is 6.93. The third kappa shape index (κ3) is 2.43. The van der Waals surface area contributed by atoms with E-state index < -0.39 is 41.1 Å². The zero-order valence-electron chi connectivity index (χ0n) is 13.3. The van der Waals surface area contributed by atoms with Crippen LogP contribution in [0.4, 0.5) is 0 Å². The van der Waals surface area contributed by atoms with E-state index in [1.165, 1.54) is 0 Å². The van der Waals surface area contributed by atoms with Crippen molar-refractivity contribution < 1.29 is 48.8 Å². The van der Waals surface area contributed by atoms with E-state index in [9.17, 15) is 19.5 Å². The van der Waals surface area contributed by atoms with Gasteiger partial charge < -0.3 is 5.11 Å². The lowest BCUT2D eigenvalue weighted by Gasteiger charge is -2.54. The molecule has 10 heteroatoms. The first-order chi connectivity index (χ1) is 12.0. The SMILES string of the molecule is O=C1OOC(=O)C23CCC(CC2(C(=O)O)OO3)OOC2CCC1CC2. The Morgan fingerprint density at radius 1 is 0.960 bits per heavy atom. The van der Waals surface area contributed by atoms with Crippen LogP contribution >= 0.6 is 0 Å². The molecule has 7 fully saturated rings. The minimum atomic E-state index is -1.97. The van der Waals surface area contributed by atoms with Gasteiger partial charge in [0.05, 0.1) is 18.1 Å². The molecule has 1 spiro atoms. The van der Waals surface area contributed by atoms with Crippen LogP contribution in [0.2, 0.25) is 0 Å². The Hall–Kier alpha value is -1.75. The van der Waals surface area contributed by atoms with Crippen LogP contribution in [0.15, 0.2) is 0 Å². The van der Waals surface area contributed by atoms with Crippen molar-refractivity contribution in [3.05, 3.63) is 0 Å². The fraction of sp³-hybridized carbons (Fsp3) is 0.800.